The zero-order valence-corrected chi connectivity index (χ0v) is 12.9. The normalized spacial score (nSPS) is 29.8. The van der Waals surface area contributed by atoms with Gasteiger partial charge in [0.25, 0.3) is 5.91 Å². The first-order chi connectivity index (χ1) is 11.4. The predicted octanol–water partition coefficient (Wildman–Crippen LogP) is -2.74. The Labute approximate surface area is 137 Å². The van der Waals surface area contributed by atoms with E-state index in [2.05, 4.69) is 21.2 Å². The summed E-state index contributed by atoms with van der Waals surface area (Å²) in [5, 5.41) is 31.7. The number of carbonyl (C=O) groups excluding carboxylic acids is 2. The van der Waals surface area contributed by atoms with E-state index in [1.807, 2.05) is 0 Å². The molecule has 5 atom stereocenters. The molecule has 1 aromatic heterocycles. The number of hydrogen-bond donors (Lipinski definition) is 6. The number of hydrazine groups is 1. The first-order valence-electron chi connectivity index (χ1n) is 7.29. The van der Waals surface area contributed by atoms with Crippen molar-refractivity contribution in [2.45, 2.75) is 37.5 Å². The van der Waals surface area contributed by atoms with Gasteiger partial charge in [0.1, 0.15) is 24.5 Å². The first kappa shape index (κ1) is 18.2. The van der Waals surface area contributed by atoms with Crippen LogP contribution in [0.15, 0.2) is 24.5 Å². The van der Waals surface area contributed by atoms with Crippen LogP contribution in [0.2, 0.25) is 0 Å². The van der Waals surface area contributed by atoms with E-state index in [1.165, 1.54) is 31.5 Å². The minimum atomic E-state index is -1.39. The van der Waals surface area contributed by atoms with E-state index in [0.717, 1.165) is 0 Å². The number of aromatic nitrogens is 1. The molecule has 2 rings (SSSR count). The van der Waals surface area contributed by atoms with Crippen molar-refractivity contribution >= 4 is 11.8 Å². The monoisotopic (exact) mass is 340 g/mol. The third-order valence-corrected chi connectivity index (χ3v) is 3.57. The molecule has 1 aromatic rings. The average molecular weight is 340 g/mol. The molecule has 1 fully saturated rings. The lowest BCUT2D eigenvalue weighted by molar-refractivity contribution is -0.204. The molecule has 10 nitrogen and oxygen atoms in total. The van der Waals surface area contributed by atoms with Gasteiger partial charge < -0.3 is 25.4 Å². The summed E-state index contributed by atoms with van der Waals surface area (Å²) in [6, 6.07) is 1.97. The fourth-order valence-corrected chi connectivity index (χ4v) is 2.35. The van der Waals surface area contributed by atoms with Crippen molar-refractivity contribution in [3.8, 4) is 0 Å². The van der Waals surface area contributed by atoms with Crippen LogP contribution in [-0.2, 0) is 9.53 Å². The van der Waals surface area contributed by atoms with Gasteiger partial charge in [0, 0.05) is 24.9 Å². The van der Waals surface area contributed by atoms with E-state index in [4.69, 9.17) is 4.74 Å². The maximum absolute atomic E-state index is 12.0. The number of amides is 2. The van der Waals surface area contributed by atoms with Crippen molar-refractivity contribution in [3.63, 3.8) is 0 Å². The number of aliphatic hydroxyl groups is 3. The van der Waals surface area contributed by atoms with Crippen LogP contribution >= 0.6 is 0 Å². The highest BCUT2D eigenvalue weighted by Crippen LogP contribution is 2.19. The fraction of sp³-hybridized carbons (Fsp3) is 0.500. The van der Waals surface area contributed by atoms with Crippen LogP contribution in [0.5, 0.6) is 0 Å². The van der Waals surface area contributed by atoms with Gasteiger partial charge in [-0.15, -0.1) is 0 Å². The Hall–Kier alpha value is -2.11. The van der Waals surface area contributed by atoms with Gasteiger partial charge in [0.2, 0.25) is 5.91 Å². The Kier molecular flexibility index (Phi) is 6.17. The third kappa shape index (κ3) is 4.24. The standard InChI is InChI=1S/C14H20N4O6/c1-7(20)16-10-12(22)11(21)9(6-19)24-14(10)18-17-13(23)8-2-4-15-5-3-8/h2-5,9-12,14,18-19,21-22H,6H2,1H3,(H,16,20)(H,17,23)/t9-,10+,11+,12-,14-/m0/s1. The number of rotatable bonds is 5. The number of hydrogen-bond acceptors (Lipinski definition) is 8. The minimum absolute atomic E-state index is 0.337. The van der Waals surface area contributed by atoms with Gasteiger partial charge in [0.15, 0.2) is 0 Å². The number of ether oxygens (including phenoxy) is 1. The summed E-state index contributed by atoms with van der Waals surface area (Å²) in [7, 11) is 0. The smallest absolute Gasteiger partial charge is 0.265 e. The van der Waals surface area contributed by atoms with Crippen molar-refractivity contribution in [2.24, 2.45) is 0 Å². The molecule has 0 bridgehead atoms. The molecule has 6 N–H and O–H groups in total. The zero-order chi connectivity index (χ0) is 17.7. The average Bonchev–Trinajstić information content (AvgIpc) is 2.58. The molecule has 1 aliphatic heterocycles. The number of carbonyl (C=O) groups is 2. The van der Waals surface area contributed by atoms with Gasteiger partial charge >= 0.3 is 0 Å². The van der Waals surface area contributed by atoms with Crippen LogP contribution in [0, 0.1) is 0 Å². The lowest BCUT2D eigenvalue weighted by Crippen LogP contribution is -2.69. The summed E-state index contributed by atoms with van der Waals surface area (Å²) in [6.45, 7) is 0.700. The van der Waals surface area contributed by atoms with Crippen LogP contribution in [0.4, 0.5) is 0 Å². The summed E-state index contributed by atoms with van der Waals surface area (Å²) in [5.74, 6) is -0.937. The molecule has 0 spiro atoms. The molecule has 132 valence electrons. The van der Waals surface area contributed by atoms with Crippen molar-refractivity contribution < 1.29 is 29.6 Å². The van der Waals surface area contributed by atoms with E-state index in [9.17, 15) is 24.9 Å². The first-order valence-corrected chi connectivity index (χ1v) is 7.29. The number of nitrogens with zero attached hydrogens (tertiary/aromatic N) is 1. The molecule has 0 saturated carbocycles. The second-order valence-electron chi connectivity index (χ2n) is 5.32. The molecule has 0 aromatic carbocycles. The maximum Gasteiger partial charge on any atom is 0.265 e. The molecule has 24 heavy (non-hydrogen) atoms. The highest BCUT2D eigenvalue weighted by molar-refractivity contribution is 5.93. The van der Waals surface area contributed by atoms with Crippen molar-refractivity contribution in [1.29, 1.82) is 0 Å². The molecule has 1 aliphatic rings. The van der Waals surface area contributed by atoms with Gasteiger partial charge in [-0.25, -0.2) is 5.43 Å². The van der Waals surface area contributed by atoms with Crippen molar-refractivity contribution in [1.82, 2.24) is 21.2 Å². The number of nitrogens with one attached hydrogen (secondary N) is 3. The second kappa shape index (κ2) is 8.13. The molecular formula is C14H20N4O6. The molecule has 1 saturated heterocycles. The van der Waals surface area contributed by atoms with Gasteiger partial charge in [-0.05, 0) is 12.1 Å². The Bertz CT molecular complexity index is 572. The summed E-state index contributed by atoms with van der Waals surface area (Å²) < 4.78 is 5.41. The Balaban J connectivity index is 2.06. The lowest BCUT2D eigenvalue weighted by Gasteiger charge is -2.42. The quantitative estimate of drug-likeness (QED) is 0.316. The lowest BCUT2D eigenvalue weighted by atomic mass is 9.96. The third-order valence-electron chi connectivity index (χ3n) is 3.57. The highest BCUT2D eigenvalue weighted by Gasteiger charge is 2.44. The minimum Gasteiger partial charge on any atom is -0.394 e. The topological polar surface area (TPSA) is 153 Å². The van der Waals surface area contributed by atoms with E-state index in [1.54, 1.807) is 0 Å². The van der Waals surface area contributed by atoms with Crippen LogP contribution in [0.25, 0.3) is 0 Å². The van der Waals surface area contributed by atoms with Gasteiger partial charge in [-0.1, -0.05) is 0 Å². The Morgan fingerprint density at radius 2 is 1.92 bits per heavy atom. The summed E-state index contributed by atoms with van der Waals surface area (Å²) >= 11 is 0. The van der Waals surface area contributed by atoms with Gasteiger partial charge in [-0.2, -0.15) is 0 Å². The van der Waals surface area contributed by atoms with E-state index < -0.39 is 49.0 Å². The molecule has 2 heterocycles. The van der Waals surface area contributed by atoms with Crippen molar-refractivity contribution in [3.05, 3.63) is 30.1 Å². The second-order valence-corrected chi connectivity index (χ2v) is 5.32. The number of aliphatic hydroxyl groups excluding tert-OH is 3. The van der Waals surface area contributed by atoms with Crippen LogP contribution in [-0.4, -0.2) is 69.3 Å². The number of pyridine rings is 1. The van der Waals surface area contributed by atoms with E-state index >= 15 is 0 Å². The summed E-state index contributed by atoms with van der Waals surface area (Å²) in [5.41, 5.74) is 5.27. The van der Waals surface area contributed by atoms with Crippen LogP contribution < -0.4 is 16.2 Å². The molecule has 0 radical (unpaired) electrons. The molecule has 2 amide bonds. The van der Waals surface area contributed by atoms with Gasteiger partial charge in [-0.3, -0.25) is 20.0 Å². The van der Waals surface area contributed by atoms with Gasteiger partial charge in [0.05, 0.1) is 12.6 Å². The molecule has 0 unspecified atom stereocenters. The molecular weight excluding hydrogens is 320 g/mol. The summed E-state index contributed by atoms with van der Waals surface area (Å²) in [4.78, 5) is 27.1. The summed E-state index contributed by atoms with van der Waals surface area (Å²) in [6.07, 6.45) is -2.01. The predicted molar refractivity (Wildman–Crippen MR) is 80.2 cm³/mol. The van der Waals surface area contributed by atoms with E-state index in [0.29, 0.717) is 5.56 Å². The van der Waals surface area contributed by atoms with Crippen LogP contribution in [0.1, 0.15) is 17.3 Å². The maximum atomic E-state index is 12.0. The van der Waals surface area contributed by atoms with Crippen molar-refractivity contribution in [2.75, 3.05) is 6.61 Å². The molecule has 10 heteroatoms. The highest BCUT2D eigenvalue weighted by atomic mass is 16.5. The SMILES string of the molecule is CC(=O)N[C@@H]1[C@H](O)[C@H](O)[C@H](CO)O[C@@H]1NNC(=O)c1ccncc1. The zero-order valence-electron chi connectivity index (χ0n) is 12.9. The molecule has 0 aliphatic carbocycles. The Morgan fingerprint density at radius 3 is 2.50 bits per heavy atom. The van der Waals surface area contributed by atoms with E-state index in [-0.39, 0.29) is 0 Å². The van der Waals surface area contributed by atoms with Crippen LogP contribution in [0.3, 0.4) is 0 Å². The Morgan fingerprint density at radius 1 is 1.25 bits per heavy atom. The fourth-order valence-electron chi connectivity index (χ4n) is 2.35. The largest absolute Gasteiger partial charge is 0.394 e.